The zero-order valence-electron chi connectivity index (χ0n) is 13.9. The van der Waals surface area contributed by atoms with Crippen LogP contribution in [-0.2, 0) is 9.67 Å². The van der Waals surface area contributed by atoms with E-state index >= 15 is 0 Å². The molecule has 1 spiro atoms. The highest BCUT2D eigenvalue weighted by Crippen LogP contribution is 2.54. The third kappa shape index (κ3) is 2.77. The average molecular weight is 396 g/mol. The van der Waals surface area contributed by atoms with Gasteiger partial charge in [-0.05, 0) is 24.3 Å². The van der Waals surface area contributed by atoms with Crippen LogP contribution in [0, 0.1) is 23.3 Å². The fraction of sp³-hybridized carbons (Fsp3) is 0.222. The van der Waals surface area contributed by atoms with Crippen LogP contribution in [0.1, 0.15) is 24.5 Å². The van der Waals surface area contributed by atoms with Crippen molar-refractivity contribution < 1.29 is 27.1 Å². The highest BCUT2D eigenvalue weighted by Gasteiger charge is 2.51. The van der Waals surface area contributed by atoms with Crippen molar-refractivity contribution >= 4 is 22.7 Å². The summed E-state index contributed by atoms with van der Waals surface area (Å²) in [5.41, 5.74) is 0.0992. The van der Waals surface area contributed by atoms with Crippen LogP contribution in [0.25, 0.3) is 0 Å². The van der Waals surface area contributed by atoms with Crippen molar-refractivity contribution in [1.29, 1.82) is 0 Å². The Kier molecular flexibility index (Phi) is 4.14. The van der Waals surface area contributed by atoms with Crippen LogP contribution in [0.5, 0.6) is 5.75 Å². The van der Waals surface area contributed by atoms with Gasteiger partial charge in [0, 0.05) is 30.5 Å². The molecular weight excluding hydrogens is 384 g/mol. The number of hydrogen-bond acceptors (Lipinski definition) is 4. The Bertz CT molecular complexity index is 998. The lowest BCUT2D eigenvalue weighted by Crippen LogP contribution is -2.43. The van der Waals surface area contributed by atoms with Crippen LogP contribution in [0.4, 0.5) is 17.6 Å². The molecule has 2 heterocycles. The van der Waals surface area contributed by atoms with Crippen LogP contribution < -0.4 is 4.74 Å². The number of thioether (sulfide) groups is 1. The minimum atomic E-state index is -1.23. The zero-order valence-corrected chi connectivity index (χ0v) is 14.7. The fourth-order valence-electron chi connectivity index (χ4n) is 3.20. The standard InChI is InChI=1S/C18H12F4N2O2S/c1-9(25)24-18(4-5-26-16-8-15(22)14(21)7-12(16)18)27-17(23-24)11-6-10(19)2-3-13(11)20/h2-3,6-8H,4-5H2,1H3/t18-/m0/s1. The quantitative estimate of drug-likeness (QED) is 0.681. The van der Waals surface area contributed by atoms with E-state index < -0.39 is 34.0 Å². The molecule has 1 atom stereocenters. The molecule has 0 fully saturated rings. The van der Waals surface area contributed by atoms with Crippen molar-refractivity contribution in [2.45, 2.75) is 18.2 Å². The smallest absolute Gasteiger partial charge is 0.241 e. The first-order chi connectivity index (χ1) is 12.8. The minimum absolute atomic E-state index is 0.0692. The van der Waals surface area contributed by atoms with Crippen molar-refractivity contribution in [2.24, 2.45) is 5.10 Å². The van der Waals surface area contributed by atoms with Gasteiger partial charge in [0.15, 0.2) is 11.6 Å². The van der Waals surface area contributed by atoms with Gasteiger partial charge in [-0.3, -0.25) is 4.79 Å². The molecule has 0 aliphatic carbocycles. The second-order valence-corrected chi connectivity index (χ2v) is 7.37. The molecule has 4 rings (SSSR count). The van der Waals surface area contributed by atoms with E-state index in [0.717, 1.165) is 47.1 Å². The number of hydrazone groups is 1. The number of fused-ring (bicyclic) bond motifs is 2. The maximum Gasteiger partial charge on any atom is 0.241 e. The summed E-state index contributed by atoms with van der Waals surface area (Å²) < 4.78 is 60.8. The SMILES string of the molecule is CC(=O)N1N=C(c2cc(F)ccc2F)S[C@]12CCOc1cc(F)c(F)cc12. The van der Waals surface area contributed by atoms with E-state index in [4.69, 9.17) is 4.74 Å². The number of ether oxygens (including phenoxy) is 1. The average Bonchev–Trinajstić information content (AvgIpc) is 2.99. The normalized spacial score (nSPS) is 21.1. The maximum absolute atomic E-state index is 14.2. The zero-order chi connectivity index (χ0) is 19.3. The summed E-state index contributed by atoms with van der Waals surface area (Å²) in [6, 6.07) is 4.77. The molecule has 2 aliphatic rings. The molecule has 0 radical (unpaired) electrons. The van der Waals surface area contributed by atoms with Crippen LogP contribution in [0.2, 0.25) is 0 Å². The Labute approximate surface area is 155 Å². The summed E-state index contributed by atoms with van der Waals surface area (Å²) in [6.45, 7) is 1.37. The first-order valence-corrected chi connectivity index (χ1v) is 8.79. The van der Waals surface area contributed by atoms with Crippen LogP contribution in [0.3, 0.4) is 0 Å². The number of carbonyl (C=O) groups excluding carboxylic acids is 1. The van der Waals surface area contributed by atoms with Gasteiger partial charge in [-0.15, -0.1) is 0 Å². The summed E-state index contributed by atoms with van der Waals surface area (Å²) in [7, 11) is 0. The Hall–Kier alpha value is -2.55. The molecule has 9 heteroatoms. The number of nitrogens with zero attached hydrogens (tertiary/aromatic N) is 2. The summed E-state index contributed by atoms with van der Waals surface area (Å²) >= 11 is 0.983. The number of halogens is 4. The van der Waals surface area contributed by atoms with Crippen molar-refractivity contribution in [3.8, 4) is 5.75 Å². The molecule has 2 aromatic carbocycles. The van der Waals surface area contributed by atoms with E-state index in [9.17, 15) is 22.4 Å². The minimum Gasteiger partial charge on any atom is -0.493 e. The topological polar surface area (TPSA) is 41.9 Å². The lowest BCUT2D eigenvalue weighted by Gasteiger charge is -2.39. The highest BCUT2D eigenvalue weighted by molar-refractivity contribution is 8.15. The largest absolute Gasteiger partial charge is 0.493 e. The molecule has 0 saturated heterocycles. The fourth-order valence-corrected chi connectivity index (χ4v) is 4.62. The number of hydrogen-bond donors (Lipinski definition) is 0. The molecule has 27 heavy (non-hydrogen) atoms. The number of rotatable bonds is 1. The third-order valence-corrected chi connectivity index (χ3v) is 5.83. The van der Waals surface area contributed by atoms with E-state index in [2.05, 4.69) is 5.10 Å². The van der Waals surface area contributed by atoms with Crippen molar-refractivity contribution in [3.05, 3.63) is 64.7 Å². The molecule has 2 aliphatic heterocycles. The molecule has 0 saturated carbocycles. The third-order valence-electron chi connectivity index (χ3n) is 4.40. The van der Waals surface area contributed by atoms with Crippen LogP contribution in [0.15, 0.2) is 35.4 Å². The molecule has 0 N–H and O–H groups in total. The Morgan fingerprint density at radius 3 is 2.63 bits per heavy atom. The molecule has 0 bridgehead atoms. The van der Waals surface area contributed by atoms with Gasteiger partial charge in [0.05, 0.1) is 6.61 Å². The predicted molar refractivity (Wildman–Crippen MR) is 91.2 cm³/mol. The molecule has 4 nitrogen and oxygen atoms in total. The second-order valence-electron chi connectivity index (χ2n) is 6.11. The van der Waals surface area contributed by atoms with E-state index in [-0.39, 0.29) is 34.9 Å². The Morgan fingerprint density at radius 1 is 1.15 bits per heavy atom. The number of amides is 1. The maximum atomic E-state index is 14.2. The van der Waals surface area contributed by atoms with Crippen LogP contribution in [-0.4, -0.2) is 22.6 Å². The summed E-state index contributed by atoms with van der Waals surface area (Å²) in [5.74, 6) is -3.96. The Balaban J connectivity index is 1.87. The first kappa shape index (κ1) is 17.8. The Morgan fingerprint density at radius 2 is 1.89 bits per heavy atom. The van der Waals surface area contributed by atoms with Gasteiger partial charge in [-0.25, -0.2) is 22.6 Å². The van der Waals surface area contributed by atoms with Crippen molar-refractivity contribution in [2.75, 3.05) is 6.61 Å². The van der Waals surface area contributed by atoms with Gasteiger partial charge < -0.3 is 4.74 Å². The summed E-state index contributed by atoms with van der Waals surface area (Å²) in [6.07, 6.45) is 0.208. The van der Waals surface area contributed by atoms with Gasteiger partial charge in [0.2, 0.25) is 5.91 Å². The van der Waals surface area contributed by atoms with E-state index in [1.54, 1.807) is 0 Å². The predicted octanol–water partition coefficient (Wildman–Crippen LogP) is 4.14. The number of benzene rings is 2. The van der Waals surface area contributed by atoms with E-state index in [1.807, 2.05) is 0 Å². The van der Waals surface area contributed by atoms with Crippen molar-refractivity contribution in [3.63, 3.8) is 0 Å². The van der Waals surface area contributed by atoms with E-state index in [1.165, 1.54) is 6.92 Å². The monoisotopic (exact) mass is 396 g/mol. The van der Waals surface area contributed by atoms with Gasteiger partial charge in [0.1, 0.15) is 27.3 Å². The lowest BCUT2D eigenvalue weighted by atomic mass is 9.98. The molecule has 140 valence electrons. The molecule has 0 unspecified atom stereocenters. The molecular formula is C18H12F4N2O2S. The summed E-state index contributed by atoms with van der Waals surface area (Å²) in [5, 5.41) is 5.34. The molecule has 0 aromatic heterocycles. The second kappa shape index (κ2) is 6.26. The summed E-state index contributed by atoms with van der Waals surface area (Å²) in [4.78, 5) is 11.0. The number of carbonyl (C=O) groups is 1. The van der Waals surface area contributed by atoms with E-state index in [0.29, 0.717) is 0 Å². The molecule has 2 aromatic rings. The lowest BCUT2D eigenvalue weighted by molar-refractivity contribution is -0.132. The van der Waals surface area contributed by atoms with Gasteiger partial charge >= 0.3 is 0 Å². The van der Waals surface area contributed by atoms with Gasteiger partial charge in [0.25, 0.3) is 0 Å². The highest BCUT2D eigenvalue weighted by atomic mass is 32.2. The van der Waals surface area contributed by atoms with Crippen molar-refractivity contribution in [1.82, 2.24) is 5.01 Å². The van der Waals surface area contributed by atoms with Gasteiger partial charge in [-0.1, -0.05) is 11.8 Å². The molecule has 1 amide bonds. The first-order valence-electron chi connectivity index (χ1n) is 7.98. The van der Waals surface area contributed by atoms with Gasteiger partial charge in [-0.2, -0.15) is 5.10 Å². The van der Waals surface area contributed by atoms with Crippen LogP contribution >= 0.6 is 11.8 Å².